The van der Waals surface area contributed by atoms with E-state index in [1.54, 1.807) is 0 Å². The van der Waals surface area contributed by atoms with Gasteiger partial charge in [0, 0.05) is 13.5 Å². The maximum Gasteiger partial charge on any atom is 0.345 e. The zero-order valence-corrected chi connectivity index (χ0v) is 15.4. The van der Waals surface area contributed by atoms with Gasteiger partial charge >= 0.3 is 5.00 Å². The topological polar surface area (TPSA) is 143 Å². The molecule has 0 saturated carbocycles. The molecule has 1 aromatic heterocycles. The molecule has 0 atom stereocenters. The molecule has 2 rings (SSSR count). The lowest BCUT2D eigenvalue weighted by Crippen LogP contribution is -2.27. The van der Waals surface area contributed by atoms with Crippen molar-refractivity contribution in [2.24, 2.45) is 0 Å². The molecule has 0 bridgehead atoms. The molecule has 3 amide bonds. The van der Waals surface area contributed by atoms with E-state index in [4.69, 9.17) is 0 Å². The van der Waals surface area contributed by atoms with Crippen LogP contribution >= 0.6 is 11.3 Å². The van der Waals surface area contributed by atoms with Crippen LogP contribution in [0.15, 0.2) is 24.4 Å². The molecule has 27 heavy (non-hydrogen) atoms. The molecule has 0 aliphatic rings. The average molecular weight is 391 g/mol. The molecule has 0 aliphatic carbocycles. The van der Waals surface area contributed by atoms with Crippen molar-refractivity contribution in [1.82, 2.24) is 10.3 Å². The lowest BCUT2D eigenvalue weighted by atomic mass is 10.1. The first-order valence-electron chi connectivity index (χ1n) is 7.93. The zero-order valence-electron chi connectivity index (χ0n) is 14.6. The molecule has 10 nitrogen and oxygen atoms in total. The molecular formula is C16H17N5O5S. The average Bonchev–Trinajstić information content (AvgIpc) is 3.08. The standard InChI is InChI=1S/C16H17N5O5S/c1-3-7-17-14(23)10-5-4-6-11(13(10)19-9(2)22)15(24)20-16-18-8-12(27-16)21(25)26/h4-6,8H,3,7H2,1-2H3,(H,17,23)(H,19,22)(H,18,20,24). The van der Waals surface area contributed by atoms with Crippen LogP contribution in [0.5, 0.6) is 0 Å². The Labute approximate surface area is 158 Å². The SMILES string of the molecule is CCCNC(=O)c1cccc(C(=O)Nc2ncc([N+](=O)[O-])s2)c1NC(C)=O. The van der Waals surface area contributed by atoms with Gasteiger partial charge in [0.1, 0.15) is 6.20 Å². The largest absolute Gasteiger partial charge is 0.352 e. The third-order valence-electron chi connectivity index (χ3n) is 3.28. The van der Waals surface area contributed by atoms with Crippen molar-refractivity contribution < 1.29 is 19.3 Å². The van der Waals surface area contributed by atoms with Crippen molar-refractivity contribution in [1.29, 1.82) is 0 Å². The van der Waals surface area contributed by atoms with E-state index in [1.165, 1.54) is 25.1 Å². The summed E-state index contributed by atoms with van der Waals surface area (Å²) in [6.07, 6.45) is 1.76. The molecule has 1 heterocycles. The van der Waals surface area contributed by atoms with Gasteiger partial charge in [-0.25, -0.2) is 4.98 Å². The number of aromatic nitrogens is 1. The molecular weight excluding hydrogens is 374 g/mol. The summed E-state index contributed by atoms with van der Waals surface area (Å²) >= 11 is 0.697. The van der Waals surface area contributed by atoms with E-state index in [0.717, 1.165) is 12.6 Å². The van der Waals surface area contributed by atoms with Gasteiger partial charge in [-0.15, -0.1) is 0 Å². The predicted molar refractivity (Wildman–Crippen MR) is 100 cm³/mol. The number of amides is 3. The number of hydrogen-bond donors (Lipinski definition) is 3. The number of thiazole rings is 1. The Bertz CT molecular complexity index is 895. The smallest absolute Gasteiger partial charge is 0.345 e. The van der Waals surface area contributed by atoms with Gasteiger partial charge in [-0.05, 0) is 29.9 Å². The molecule has 142 valence electrons. The van der Waals surface area contributed by atoms with E-state index in [-0.39, 0.29) is 26.9 Å². The summed E-state index contributed by atoms with van der Waals surface area (Å²) in [6.45, 7) is 3.59. The van der Waals surface area contributed by atoms with Crippen LogP contribution in [0, 0.1) is 10.1 Å². The number of benzene rings is 1. The molecule has 2 aromatic rings. The number of hydrogen-bond acceptors (Lipinski definition) is 7. The van der Waals surface area contributed by atoms with E-state index >= 15 is 0 Å². The van der Waals surface area contributed by atoms with Crippen LogP contribution in [0.4, 0.5) is 15.8 Å². The molecule has 0 aliphatic heterocycles. The van der Waals surface area contributed by atoms with Crippen molar-refractivity contribution in [2.45, 2.75) is 20.3 Å². The fraction of sp³-hybridized carbons (Fsp3) is 0.250. The second-order valence-electron chi connectivity index (χ2n) is 5.38. The Kier molecular flexibility index (Phi) is 6.55. The maximum absolute atomic E-state index is 12.6. The Balaban J connectivity index is 2.35. The molecule has 0 saturated heterocycles. The predicted octanol–water partition coefficient (Wildman–Crippen LogP) is 2.40. The van der Waals surface area contributed by atoms with Gasteiger partial charge in [-0.3, -0.25) is 29.8 Å². The maximum atomic E-state index is 12.6. The summed E-state index contributed by atoms with van der Waals surface area (Å²) in [5, 5.41) is 18.2. The molecule has 0 unspecified atom stereocenters. The van der Waals surface area contributed by atoms with Crippen LogP contribution in [0.25, 0.3) is 0 Å². The van der Waals surface area contributed by atoms with Gasteiger partial charge in [0.2, 0.25) is 5.91 Å². The van der Waals surface area contributed by atoms with Crippen molar-refractivity contribution in [3.8, 4) is 0 Å². The van der Waals surface area contributed by atoms with Gasteiger partial charge in [-0.1, -0.05) is 13.0 Å². The normalized spacial score (nSPS) is 10.1. The number of para-hydroxylation sites is 1. The van der Waals surface area contributed by atoms with Gasteiger partial charge in [-0.2, -0.15) is 0 Å². The van der Waals surface area contributed by atoms with Crippen molar-refractivity contribution in [3.05, 3.63) is 45.6 Å². The third kappa shape index (κ3) is 5.07. The first-order valence-corrected chi connectivity index (χ1v) is 8.75. The second kappa shape index (κ2) is 8.85. The molecule has 3 N–H and O–H groups in total. The number of nitro groups is 1. The number of nitrogens with zero attached hydrogens (tertiary/aromatic N) is 2. The summed E-state index contributed by atoms with van der Waals surface area (Å²) in [5.74, 6) is -1.54. The monoisotopic (exact) mass is 391 g/mol. The highest BCUT2D eigenvalue weighted by atomic mass is 32.1. The van der Waals surface area contributed by atoms with Crippen LogP contribution in [0.2, 0.25) is 0 Å². The Morgan fingerprint density at radius 3 is 2.41 bits per heavy atom. The number of anilines is 2. The minimum absolute atomic E-state index is 0.0290. The Hall–Kier alpha value is -3.34. The summed E-state index contributed by atoms with van der Waals surface area (Å²) < 4.78 is 0. The Morgan fingerprint density at radius 2 is 1.85 bits per heavy atom. The van der Waals surface area contributed by atoms with Crippen LogP contribution in [-0.4, -0.2) is 34.2 Å². The lowest BCUT2D eigenvalue weighted by molar-refractivity contribution is -0.380. The Morgan fingerprint density at radius 1 is 1.19 bits per heavy atom. The quantitative estimate of drug-likeness (QED) is 0.488. The van der Waals surface area contributed by atoms with E-state index < -0.39 is 22.6 Å². The molecule has 11 heteroatoms. The highest BCUT2D eigenvalue weighted by Crippen LogP contribution is 2.27. The fourth-order valence-electron chi connectivity index (χ4n) is 2.15. The van der Waals surface area contributed by atoms with Gasteiger partial charge in [0.25, 0.3) is 11.8 Å². The number of rotatable bonds is 7. The molecule has 1 aromatic carbocycles. The number of carbonyl (C=O) groups excluding carboxylic acids is 3. The van der Waals surface area contributed by atoms with Gasteiger partial charge in [0.15, 0.2) is 5.13 Å². The minimum Gasteiger partial charge on any atom is -0.352 e. The molecule has 0 fully saturated rings. The van der Waals surface area contributed by atoms with E-state index in [0.29, 0.717) is 17.9 Å². The number of carbonyl (C=O) groups is 3. The summed E-state index contributed by atoms with van der Waals surface area (Å²) in [7, 11) is 0. The van der Waals surface area contributed by atoms with Crippen LogP contribution < -0.4 is 16.0 Å². The molecule has 0 radical (unpaired) electrons. The van der Waals surface area contributed by atoms with Crippen LogP contribution in [0.3, 0.4) is 0 Å². The van der Waals surface area contributed by atoms with Crippen LogP contribution in [-0.2, 0) is 4.79 Å². The first-order chi connectivity index (χ1) is 12.8. The zero-order chi connectivity index (χ0) is 20.0. The fourth-order valence-corrected chi connectivity index (χ4v) is 2.77. The first kappa shape index (κ1) is 20.0. The highest BCUT2D eigenvalue weighted by Gasteiger charge is 2.21. The van der Waals surface area contributed by atoms with Crippen molar-refractivity contribution in [2.75, 3.05) is 17.2 Å². The van der Waals surface area contributed by atoms with Gasteiger partial charge < -0.3 is 10.6 Å². The summed E-state index contributed by atoms with van der Waals surface area (Å²) in [5.41, 5.74) is 0.228. The summed E-state index contributed by atoms with van der Waals surface area (Å²) in [4.78, 5) is 50.4. The third-order valence-corrected chi connectivity index (χ3v) is 4.15. The van der Waals surface area contributed by atoms with E-state index in [1.807, 2.05) is 6.92 Å². The van der Waals surface area contributed by atoms with Crippen LogP contribution in [0.1, 0.15) is 41.0 Å². The highest BCUT2D eigenvalue weighted by molar-refractivity contribution is 7.18. The molecule has 0 spiro atoms. The number of nitrogens with one attached hydrogen (secondary N) is 3. The van der Waals surface area contributed by atoms with E-state index in [9.17, 15) is 24.5 Å². The van der Waals surface area contributed by atoms with Crippen molar-refractivity contribution >= 4 is 44.9 Å². The lowest BCUT2D eigenvalue weighted by Gasteiger charge is -2.14. The van der Waals surface area contributed by atoms with E-state index in [2.05, 4.69) is 20.9 Å². The summed E-state index contributed by atoms with van der Waals surface area (Å²) in [6, 6.07) is 4.42. The van der Waals surface area contributed by atoms with Gasteiger partial charge in [0.05, 0.1) is 21.7 Å². The second-order valence-corrected chi connectivity index (χ2v) is 6.39. The minimum atomic E-state index is -0.659. The van der Waals surface area contributed by atoms with Crippen molar-refractivity contribution in [3.63, 3.8) is 0 Å².